The van der Waals surface area contributed by atoms with Crippen LogP contribution in [0.2, 0.25) is 0 Å². The maximum atomic E-state index is 12.8. The van der Waals surface area contributed by atoms with Crippen LogP contribution in [0, 0.1) is 5.92 Å². The predicted molar refractivity (Wildman–Crippen MR) is 95.4 cm³/mol. The van der Waals surface area contributed by atoms with Crippen LogP contribution < -0.4 is 5.32 Å². The Kier molecular flexibility index (Phi) is 6.23. The Morgan fingerprint density at radius 1 is 1.19 bits per heavy atom. The highest BCUT2D eigenvalue weighted by Gasteiger charge is 2.39. The molecule has 0 saturated carbocycles. The van der Waals surface area contributed by atoms with Gasteiger partial charge < -0.3 is 19.7 Å². The van der Waals surface area contributed by atoms with Crippen molar-refractivity contribution in [3.8, 4) is 0 Å². The van der Waals surface area contributed by atoms with Crippen molar-refractivity contribution < 1.29 is 23.9 Å². The molecule has 0 spiro atoms. The summed E-state index contributed by atoms with van der Waals surface area (Å²) in [6.45, 7) is 5.88. The third kappa shape index (κ3) is 5.47. The van der Waals surface area contributed by atoms with E-state index in [1.54, 1.807) is 25.7 Å². The number of carbonyl (C=O) groups is 3. The molecule has 0 bridgehead atoms. The van der Waals surface area contributed by atoms with E-state index in [1.807, 2.05) is 30.3 Å². The van der Waals surface area contributed by atoms with Crippen LogP contribution in [-0.2, 0) is 25.5 Å². The molecule has 1 saturated heterocycles. The van der Waals surface area contributed by atoms with Gasteiger partial charge in [0.1, 0.15) is 11.6 Å². The molecule has 1 aromatic rings. The number of rotatable bonds is 5. The molecule has 0 radical (unpaired) electrons. The van der Waals surface area contributed by atoms with Gasteiger partial charge in [-0.1, -0.05) is 30.3 Å². The second kappa shape index (κ2) is 8.21. The predicted octanol–water partition coefficient (Wildman–Crippen LogP) is 1.75. The molecule has 1 fully saturated rings. The molecule has 2 rings (SSSR count). The van der Waals surface area contributed by atoms with Crippen molar-refractivity contribution in [2.45, 2.75) is 38.8 Å². The number of ether oxygens (including phenoxy) is 2. The highest BCUT2D eigenvalue weighted by atomic mass is 16.6. The molecule has 26 heavy (non-hydrogen) atoms. The summed E-state index contributed by atoms with van der Waals surface area (Å²) >= 11 is 0. The minimum Gasteiger partial charge on any atom is -0.469 e. The smallest absolute Gasteiger partial charge is 0.408 e. The third-order valence-electron chi connectivity index (χ3n) is 4.00. The lowest BCUT2D eigenvalue weighted by molar-refractivity contribution is -0.156. The summed E-state index contributed by atoms with van der Waals surface area (Å²) in [6.07, 6.45) is -0.296. The zero-order chi connectivity index (χ0) is 19.3. The Morgan fingerprint density at radius 3 is 2.35 bits per heavy atom. The van der Waals surface area contributed by atoms with Crippen molar-refractivity contribution in [1.29, 1.82) is 0 Å². The van der Waals surface area contributed by atoms with Crippen LogP contribution in [0.4, 0.5) is 4.79 Å². The lowest BCUT2D eigenvalue weighted by atomic mass is 9.97. The van der Waals surface area contributed by atoms with Crippen molar-refractivity contribution in [1.82, 2.24) is 10.2 Å². The van der Waals surface area contributed by atoms with Gasteiger partial charge in [0.2, 0.25) is 5.91 Å². The van der Waals surface area contributed by atoms with Gasteiger partial charge in [0.15, 0.2) is 0 Å². The second-order valence-corrected chi connectivity index (χ2v) is 7.35. The summed E-state index contributed by atoms with van der Waals surface area (Å²) < 4.78 is 9.96. The molecule has 0 aliphatic carbocycles. The number of likely N-dealkylation sites (tertiary alicyclic amines) is 1. The number of amides is 2. The van der Waals surface area contributed by atoms with Gasteiger partial charge in [-0.3, -0.25) is 9.59 Å². The number of alkyl carbamates (subject to hydrolysis) is 1. The molecule has 1 N–H and O–H groups in total. The first kappa shape index (κ1) is 19.8. The summed E-state index contributed by atoms with van der Waals surface area (Å²) in [7, 11) is 1.33. The SMILES string of the molecule is COC(=O)C1CN(C(=O)C(Cc2ccccc2)NC(=O)OC(C)(C)C)C1. The van der Waals surface area contributed by atoms with Gasteiger partial charge in [-0.2, -0.15) is 0 Å². The quantitative estimate of drug-likeness (QED) is 0.807. The Morgan fingerprint density at radius 2 is 1.81 bits per heavy atom. The molecular formula is C19H26N2O5. The zero-order valence-electron chi connectivity index (χ0n) is 15.7. The molecule has 0 aromatic heterocycles. The van der Waals surface area contributed by atoms with Gasteiger partial charge in [-0.15, -0.1) is 0 Å². The summed E-state index contributed by atoms with van der Waals surface area (Å²) in [5.74, 6) is -0.864. The van der Waals surface area contributed by atoms with Crippen LogP contribution in [0.1, 0.15) is 26.3 Å². The maximum absolute atomic E-state index is 12.8. The Hall–Kier alpha value is -2.57. The van der Waals surface area contributed by atoms with Crippen molar-refractivity contribution >= 4 is 18.0 Å². The average Bonchev–Trinajstić information content (AvgIpc) is 2.51. The number of benzene rings is 1. The normalized spacial score (nSPS) is 15.6. The summed E-state index contributed by atoms with van der Waals surface area (Å²) in [4.78, 5) is 38.0. The lowest BCUT2D eigenvalue weighted by Gasteiger charge is -2.39. The zero-order valence-corrected chi connectivity index (χ0v) is 15.7. The van der Waals surface area contributed by atoms with Crippen molar-refractivity contribution in [3.63, 3.8) is 0 Å². The molecule has 1 aliphatic rings. The van der Waals surface area contributed by atoms with Crippen molar-refractivity contribution in [2.24, 2.45) is 5.92 Å². The fourth-order valence-corrected chi connectivity index (χ4v) is 2.69. The van der Waals surface area contributed by atoms with E-state index in [0.717, 1.165) is 5.56 Å². The van der Waals surface area contributed by atoms with Gasteiger partial charge in [0.05, 0.1) is 13.0 Å². The number of hydrogen-bond acceptors (Lipinski definition) is 5. The van der Waals surface area contributed by atoms with E-state index in [2.05, 4.69) is 5.32 Å². The number of hydrogen-bond donors (Lipinski definition) is 1. The highest BCUT2D eigenvalue weighted by Crippen LogP contribution is 2.19. The largest absolute Gasteiger partial charge is 0.469 e. The van der Waals surface area contributed by atoms with E-state index in [-0.39, 0.29) is 17.8 Å². The molecule has 1 atom stereocenters. The van der Waals surface area contributed by atoms with Crippen LogP contribution >= 0.6 is 0 Å². The van der Waals surface area contributed by atoms with Crippen LogP contribution in [0.5, 0.6) is 0 Å². The minimum absolute atomic E-state index is 0.236. The van der Waals surface area contributed by atoms with E-state index >= 15 is 0 Å². The average molecular weight is 362 g/mol. The van der Waals surface area contributed by atoms with Crippen LogP contribution in [0.25, 0.3) is 0 Å². The molecule has 7 nitrogen and oxygen atoms in total. The number of esters is 1. The summed E-state index contributed by atoms with van der Waals surface area (Å²) in [6, 6.07) is 8.67. The molecule has 1 aliphatic heterocycles. The van der Waals surface area contributed by atoms with Crippen LogP contribution in [0.3, 0.4) is 0 Å². The van der Waals surface area contributed by atoms with Gasteiger partial charge in [-0.05, 0) is 26.3 Å². The number of carbonyl (C=O) groups excluding carboxylic acids is 3. The lowest BCUT2D eigenvalue weighted by Crippen LogP contribution is -2.59. The van der Waals surface area contributed by atoms with Crippen LogP contribution in [-0.4, -0.2) is 54.7 Å². The molecular weight excluding hydrogens is 336 g/mol. The van der Waals surface area contributed by atoms with E-state index in [4.69, 9.17) is 9.47 Å². The summed E-state index contributed by atoms with van der Waals surface area (Å²) in [5, 5.41) is 2.66. The Balaban J connectivity index is 2.04. The maximum Gasteiger partial charge on any atom is 0.408 e. The number of nitrogens with one attached hydrogen (secondary N) is 1. The van der Waals surface area contributed by atoms with Gasteiger partial charge >= 0.3 is 12.1 Å². The van der Waals surface area contributed by atoms with Crippen molar-refractivity contribution in [3.05, 3.63) is 35.9 Å². The molecule has 142 valence electrons. The second-order valence-electron chi connectivity index (χ2n) is 7.35. The fourth-order valence-electron chi connectivity index (χ4n) is 2.69. The Bertz CT molecular complexity index is 648. The molecule has 7 heteroatoms. The van der Waals surface area contributed by atoms with E-state index in [1.165, 1.54) is 7.11 Å². The minimum atomic E-state index is -0.758. The van der Waals surface area contributed by atoms with Crippen LogP contribution in [0.15, 0.2) is 30.3 Å². The van der Waals surface area contributed by atoms with Gasteiger partial charge in [0, 0.05) is 19.5 Å². The molecule has 1 heterocycles. The van der Waals surface area contributed by atoms with E-state index in [0.29, 0.717) is 19.5 Å². The fraction of sp³-hybridized carbons (Fsp3) is 0.526. The number of methoxy groups -OCH3 is 1. The molecule has 2 amide bonds. The summed E-state index contributed by atoms with van der Waals surface area (Å²) in [5.41, 5.74) is 0.268. The third-order valence-corrected chi connectivity index (χ3v) is 4.00. The van der Waals surface area contributed by atoms with E-state index in [9.17, 15) is 14.4 Å². The van der Waals surface area contributed by atoms with Gasteiger partial charge in [0.25, 0.3) is 0 Å². The number of nitrogens with zero attached hydrogens (tertiary/aromatic N) is 1. The Labute approximate surface area is 153 Å². The first-order valence-electron chi connectivity index (χ1n) is 8.59. The molecule has 1 aromatic carbocycles. The highest BCUT2D eigenvalue weighted by molar-refractivity contribution is 5.88. The topological polar surface area (TPSA) is 84.9 Å². The first-order valence-corrected chi connectivity index (χ1v) is 8.59. The van der Waals surface area contributed by atoms with Crippen molar-refractivity contribution in [2.75, 3.05) is 20.2 Å². The monoisotopic (exact) mass is 362 g/mol. The standard InChI is InChI=1S/C19H26N2O5/c1-19(2,3)26-18(24)20-15(10-13-8-6-5-7-9-13)16(22)21-11-14(12-21)17(23)25-4/h5-9,14-15H,10-12H2,1-4H3,(H,20,24). The first-order chi connectivity index (χ1) is 12.2. The van der Waals surface area contributed by atoms with E-state index < -0.39 is 17.7 Å². The molecule has 1 unspecified atom stereocenters. The van der Waals surface area contributed by atoms with Gasteiger partial charge in [-0.25, -0.2) is 4.79 Å².